The number of aromatic amines is 1. The van der Waals surface area contributed by atoms with Crippen LogP contribution < -0.4 is 5.69 Å². The quantitative estimate of drug-likeness (QED) is 0.862. The van der Waals surface area contributed by atoms with E-state index in [4.69, 9.17) is 4.74 Å². The second-order valence-electron chi connectivity index (χ2n) is 7.56. The van der Waals surface area contributed by atoms with E-state index in [1.165, 1.54) is 0 Å². The van der Waals surface area contributed by atoms with Crippen LogP contribution in [-0.2, 0) is 16.1 Å². The Kier molecular flexibility index (Phi) is 5.31. The van der Waals surface area contributed by atoms with Crippen molar-refractivity contribution in [1.29, 1.82) is 0 Å². The van der Waals surface area contributed by atoms with Gasteiger partial charge in [0.2, 0.25) is 5.91 Å². The number of amides is 1. The minimum atomic E-state index is -0.156. The largest absolute Gasteiger partial charge is 0.378 e. The fourth-order valence-corrected chi connectivity index (χ4v) is 4.44. The lowest BCUT2D eigenvalue weighted by Crippen LogP contribution is -2.62. The third kappa shape index (κ3) is 3.66. The second kappa shape index (κ2) is 7.86. The molecule has 7 nitrogen and oxygen atoms in total. The number of hydrogen-bond donors (Lipinski definition) is 1. The molecule has 2 aliphatic heterocycles. The smallest absolute Gasteiger partial charge is 0.326 e. The molecule has 1 aromatic heterocycles. The van der Waals surface area contributed by atoms with Gasteiger partial charge in [-0.15, -0.1) is 0 Å². The Bertz CT molecular complexity index is 856. The van der Waals surface area contributed by atoms with Gasteiger partial charge in [-0.3, -0.25) is 14.3 Å². The van der Waals surface area contributed by atoms with E-state index < -0.39 is 0 Å². The van der Waals surface area contributed by atoms with Crippen molar-refractivity contribution in [3.63, 3.8) is 0 Å². The number of imidazole rings is 1. The molecule has 1 N–H and O–H groups in total. The highest BCUT2D eigenvalue weighted by Crippen LogP contribution is 2.22. The number of piperazine rings is 1. The number of benzene rings is 1. The molecule has 3 heterocycles. The normalized spacial score (nSPS) is 23.5. The molecule has 0 aliphatic carbocycles. The zero-order valence-electron chi connectivity index (χ0n) is 15.9. The molecule has 27 heavy (non-hydrogen) atoms. The summed E-state index contributed by atoms with van der Waals surface area (Å²) in [5, 5.41) is 0. The van der Waals surface area contributed by atoms with Gasteiger partial charge in [0.05, 0.1) is 30.3 Å². The van der Waals surface area contributed by atoms with Gasteiger partial charge in [0.15, 0.2) is 0 Å². The lowest BCUT2D eigenvalue weighted by atomic mass is 10.0. The van der Waals surface area contributed by atoms with Crippen LogP contribution in [0.4, 0.5) is 0 Å². The first-order valence-corrected chi connectivity index (χ1v) is 9.96. The summed E-state index contributed by atoms with van der Waals surface area (Å²) in [6.45, 7) is 6.52. The minimum absolute atomic E-state index is 0.115. The van der Waals surface area contributed by atoms with E-state index in [2.05, 4.69) is 16.8 Å². The molecule has 0 unspecified atom stereocenters. The fourth-order valence-electron chi connectivity index (χ4n) is 4.44. The van der Waals surface area contributed by atoms with Crippen molar-refractivity contribution in [2.75, 3.05) is 32.8 Å². The van der Waals surface area contributed by atoms with E-state index in [1.807, 2.05) is 29.2 Å². The van der Waals surface area contributed by atoms with Crippen LogP contribution in [-0.4, -0.2) is 70.2 Å². The number of morpholine rings is 1. The van der Waals surface area contributed by atoms with Crippen molar-refractivity contribution in [2.45, 2.75) is 44.8 Å². The number of H-pyrrole nitrogens is 1. The van der Waals surface area contributed by atoms with Gasteiger partial charge in [-0.2, -0.15) is 0 Å². The van der Waals surface area contributed by atoms with Crippen LogP contribution >= 0.6 is 0 Å². The first kappa shape index (κ1) is 18.3. The molecule has 2 atom stereocenters. The molecule has 4 rings (SSSR count). The number of hydrogen-bond acceptors (Lipinski definition) is 4. The average Bonchev–Trinajstić information content (AvgIpc) is 3.01. The Labute approximate surface area is 158 Å². The topological polar surface area (TPSA) is 70.6 Å². The van der Waals surface area contributed by atoms with Crippen molar-refractivity contribution in [3.05, 3.63) is 34.7 Å². The number of rotatable bonds is 5. The fraction of sp³-hybridized carbons (Fsp3) is 0.600. The number of nitrogens with zero attached hydrogens (tertiary/aromatic N) is 3. The van der Waals surface area contributed by atoms with E-state index in [1.54, 1.807) is 4.57 Å². The monoisotopic (exact) mass is 372 g/mol. The van der Waals surface area contributed by atoms with Crippen LogP contribution in [0.2, 0.25) is 0 Å². The molecular formula is C20H28N4O3. The van der Waals surface area contributed by atoms with Crippen LogP contribution in [0.3, 0.4) is 0 Å². The third-order valence-electron chi connectivity index (χ3n) is 5.82. The third-order valence-corrected chi connectivity index (χ3v) is 5.82. The predicted molar refractivity (Wildman–Crippen MR) is 104 cm³/mol. The number of fused-ring (bicyclic) bond motifs is 2. The molecule has 0 radical (unpaired) electrons. The number of carbonyl (C=O) groups is 1. The summed E-state index contributed by atoms with van der Waals surface area (Å²) in [7, 11) is 0. The van der Waals surface area contributed by atoms with Gasteiger partial charge in [0, 0.05) is 38.6 Å². The van der Waals surface area contributed by atoms with E-state index >= 15 is 0 Å². The maximum atomic E-state index is 12.8. The molecule has 2 saturated heterocycles. The van der Waals surface area contributed by atoms with E-state index in [-0.39, 0.29) is 11.6 Å². The van der Waals surface area contributed by atoms with Gasteiger partial charge in [-0.25, -0.2) is 4.79 Å². The lowest BCUT2D eigenvalue weighted by Gasteiger charge is -2.48. The van der Waals surface area contributed by atoms with Crippen LogP contribution in [0.15, 0.2) is 29.1 Å². The Morgan fingerprint density at radius 1 is 1.26 bits per heavy atom. The van der Waals surface area contributed by atoms with Crippen LogP contribution in [0, 0.1) is 0 Å². The van der Waals surface area contributed by atoms with Crippen LogP contribution in [0.25, 0.3) is 11.0 Å². The van der Waals surface area contributed by atoms with E-state index in [0.29, 0.717) is 31.7 Å². The number of carbonyl (C=O) groups excluding carboxylic acids is 1. The van der Waals surface area contributed by atoms with Gasteiger partial charge in [0.1, 0.15) is 0 Å². The van der Waals surface area contributed by atoms with Crippen molar-refractivity contribution in [2.24, 2.45) is 0 Å². The number of ether oxygens (including phenoxy) is 1. The van der Waals surface area contributed by atoms with Gasteiger partial charge in [-0.05, 0) is 18.6 Å². The first-order chi connectivity index (χ1) is 13.2. The standard InChI is InChI=1S/C20H28N4O3/c1-2-5-15-13-27-14-16-12-22(10-11-23(15)16)19(25)8-9-24-18-7-4-3-6-17(18)21-20(24)26/h3-4,6-7,15-16H,2,5,8-14H2,1H3,(H,21,26)/t15-,16+/m0/s1. The Hall–Kier alpha value is -2.12. The summed E-state index contributed by atoms with van der Waals surface area (Å²) in [6, 6.07) is 8.36. The maximum Gasteiger partial charge on any atom is 0.326 e. The van der Waals surface area contributed by atoms with Gasteiger partial charge in [-0.1, -0.05) is 25.5 Å². The van der Waals surface area contributed by atoms with E-state index in [9.17, 15) is 9.59 Å². The highest BCUT2D eigenvalue weighted by Gasteiger charge is 2.36. The predicted octanol–water partition coefficient (Wildman–Crippen LogP) is 1.43. The molecule has 2 aromatic rings. The lowest BCUT2D eigenvalue weighted by molar-refractivity contribution is -0.140. The zero-order chi connectivity index (χ0) is 18.8. The molecule has 7 heteroatoms. The molecular weight excluding hydrogens is 344 g/mol. The minimum Gasteiger partial charge on any atom is -0.378 e. The van der Waals surface area contributed by atoms with Crippen molar-refractivity contribution < 1.29 is 9.53 Å². The summed E-state index contributed by atoms with van der Waals surface area (Å²) < 4.78 is 7.44. The molecule has 2 fully saturated rings. The Morgan fingerprint density at radius 2 is 2.11 bits per heavy atom. The molecule has 0 spiro atoms. The summed E-state index contributed by atoms with van der Waals surface area (Å²) in [6.07, 6.45) is 2.64. The Balaban J connectivity index is 1.38. The SMILES string of the molecule is CCC[C@H]1COC[C@H]2CN(C(=O)CCn3c(=O)[nH]c4ccccc43)CCN12. The summed E-state index contributed by atoms with van der Waals surface area (Å²) >= 11 is 0. The number of para-hydroxylation sites is 2. The molecule has 0 saturated carbocycles. The molecule has 0 bridgehead atoms. The van der Waals surface area contributed by atoms with Crippen molar-refractivity contribution in [1.82, 2.24) is 19.4 Å². The molecule has 1 amide bonds. The highest BCUT2D eigenvalue weighted by molar-refractivity contribution is 5.77. The first-order valence-electron chi connectivity index (χ1n) is 9.96. The van der Waals surface area contributed by atoms with Crippen molar-refractivity contribution in [3.8, 4) is 0 Å². The molecule has 146 valence electrons. The number of aryl methyl sites for hydroxylation is 1. The van der Waals surface area contributed by atoms with Gasteiger partial charge < -0.3 is 14.6 Å². The van der Waals surface area contributed by atoms with E-state index in [0.717, 1.165) is 50.1 Å². The number of aromatic nitrogens is 2. The second-order valence-corrected chi connectivity index (χ2v) is 7.56. The Morgan fingerprint density at radius 3 is 2.96 bits per heavy atom. The van der Waals surface area contributed by atoms with Gasteiger partial charge in [0.25, 0.3) is 0 Å². The highest BCUT2D eigenvalue weighted by atomic mass is 16.5. The maximum absolute atomic E-state index is 12.8. The molecule has 2 aliphatic rings. The summed E-state index contributed by atoms with van der Waals surface area (Å²) in [4.78, 5) is 32.3. The van der Waals surface area contributed by atoms with Crippen LogP contribution in [0.5, 0.6) is 0 Å². The zero-order valence-corrected chi connectivity index (χ0v) is 15.9. The number of nitrogens with one attached hydrogen (secondary N) is 1. The van der Waals surface area contributed by atoms with Crippen molar-refractivity contribution >= 4 is 16.9 Å². The summed E-state index contributed by atoms with van der Waals surface area (Å²) in [5.41, 5.74) is 1.50. The summed E-state index contributed by atoms with van der Waals surface area (Å²) in [5.74, 6) is 0.115. The van der Waals surface area contributed by atoms with Crippen LogP contribution in [0.1, 0.15) is 26.2 Å². The van der Waals surface area contributed by atoms with Gasteiger partial charge >= 0.3 is 5.69 Å². The molecule has 1 aromatic carbocycles. The average molecular weight is 372 g/mol.